The smallest absolute Gasteiger partial charge is 0.223 e. The molecule has 2 aromatic heterocycles. The number of carbonyl (C=O) groups excluding carboxylic acids is 1. The maximum absolute atomic E-state index is 10.7. The van der Waals surface area contributed by atoms with Crippen LogP contribution in [0.5, 0.6) is 0 Å². The second kappa shape index (κ2) is 3.18. The summed E-state index contributed by atoms with van der Waals surface area (Å²) in [5.41, 5.74) is 7.87. The van der Waals surface area contributed by atoms with Gasteiger partial charge in [0.15, 0.2) is 0 Å². The third-order valence-electron chi connectivity index (χ3n) is 2.17. The van der Waals surface area contributed by atoms with E-state index in [1.165, 1.54) is 0 Å². The molecule has 0 aromatic carbocycles. The Hall–Kier alpha value is -1.78. The van der Waals surface area contributed by atoms with Crippen LogP contribution >= 0.6 is 0 Å². The Morgan fingerprint density at radius 3 is 3.07 bits per heavy atom. The molecule has 0 atom stereocenters. The molecule has 2 heterocycles. The highest BCUT2D eigenvalue weighted by Crippen LogP contribution is 2.10. The molecule has 0 saturated heterocycles. The Kier molecular flexibility index (Phi) is 2.00. The van der Waals surface area contributed by atoms with Crippen LogP contribution in [0.3, 0.4) is 0 Å². The minimum atomic E-state index is -0.339. The van der Waals surface area contributed by atoms with Crippen LogP contribution < -0.4 is 11.2 Å². The van der Waals surface area contributed by atoms with E-state index in [0.29, 0.717) is 0 Å². The number of nitrogens with two attached hydrogens (primary N) is 1. The van der Waals surface area contributed by atoms with E-state index in [2.05, 4.69) is 9.97 Å². The fourth-order valence-electron chi connectivity index (χ4n) is 1.50. The van der Waals surface area contributed by atoms with Crippen molar-refractivity contribution in [1.82, 2.24) is 9.97 Å². The van der Waals surface area contributed by atoms with Crippen LogP contribution in [-0.2, 0) is 11.2 Å². The van der Waals surface area contributed by atoms with Gasteiger partial charge in [-0.2, -0.15) is 0 Å². The third kappa shape index (κ3) is 1.48. The minimum absolute atomic E-state index is 0.232. The predicted molar refractivity (Wildman–Crippen MR) is 57.2 cm³/mol. The highest BCUT2D eigenvalue weighted by Gasteiger charge is 2.05. The summed E-state index contributed by atoms with van der Waals surface area (Å²) >= 11 is 0. The highest BCUT2D eigenvalue weighted by molar-refractivity contribution is 6.38. The van der Waals surface area contributed by atoms with Crippen LogP contribution in [0.2, 0.25) is 0 Å². The molecule has 14 heavy (non-hydrogen) atoms. The average Bonchev–Trinajstić information content (AvgIpc) is 2.47. The van der Waals surface area contributed by atoms with E-state index < -0.39 is 0 Å². The molecule has 0 saturated carbocycles. The number of H-pyrrole nitrogens is 1. The van der Waals surface area contributed by atoms with Gasteiger partial charge in [0.05, 0.1) is 6.42 Å². The number of hydrogen-bond acceptors (Lipinski definition) is 2. The SMILES string of the molecule is Bc1ccnc2[nH]c(CC(N)=O)cc12. The molecule has 1 amide bonds. The standard InChI is InChI=1S/C9H10BN3O/c10-7-1-2-12-9-6(7)3-5(13-9)4-8(11)14/h1-3H,4,10H2,(H2,11,14)(H,12,13). The number of pyridine rings is 1. The van der Waals surface area contributed by atoms with E-state index in [1.807, 2.05) is 20.0 Å². The summed E-state index contributed by atoms with van der Waals surface area (Å²) in [5, 5.41) is 1.05. The summed E-state index contributed by atoms with van der Waals surface area (Å²) in [6, 6.07) is 3.85. The molecule has 4 nitrogen and oxygen atoms in total. The maximum Gasteiger partial charge on any atom is 0.223 e. The molecule has 5 heteroatoms. The first-order valence-electron chi connectivity index (χ1n) is 4.38. The number of aromatic nitrogens is 2. The van der Waals surface area contributed by atoms with Gasteiger partial charge in [-0.15, -0.1) is 0 Å². The molecule has 3 N–H and O–H groups in total. The van der Waals surface area contributed by atoms with Crippen molar-refractivity contribution < 1.29 is 4.79 Å². The summed E-state index contributed by atoms with van der Waals surface area (Å²) in [4.78, 5) is 17.9. The fraction of sp³-hybridized carbons (Fsp3) is 0.111. The Bertz CT molecular complexity index is 492. The maximum atomic E-state index is 10.7. The number of fused-ring (bicyclic) bond motifs is 1. The number of rotatable bonds is 2. The topological polar surface area (TPSA) is 71.8 Å². The second-order valence-corrected chi connectivity index (χ2v) is 3.33. The van der Waals surface area contributed by atoms with Crippen molar-refractivity contribution in [3.8, 4) is 0 Å². The van der Waals surface area contributed by atoms with Crippen molar-refractivity contribution in [2.24, 2.45) is 5.73 Å². The third-order valence-corrected chi connectivity index (χ3v) is 2.17. The van der Waals surface area contributed by atoms with Crippen LogP contribution in [0.25, 0.3) is 11.0 Å². The molecule has 0 fully saturated rings. The largest absolute Gasteiger partial charge is 0.369 e. The number of amides is 1. The fourth-order valence-corrected chi connectivity index (χ4v) is 1.50. The molecular formula is C9H10BN3O. The molecule has 0 aliphatic carbocycles. The molecule has 70 valence electrons. The summed E-state index contributed by atoms with van der Waals surface area (Å²) in [7, 11) is 2.01. The van der Waals surface area contributed by atoms with Gasteiger partial charge >= 0.3 is 0 Å². The normalized spacial score (nSPS) is 10.6. The van der Waals surface area contributed by atoms with Gasteiger partial charge in [-0.1, -0.05) is 5.46 Å². The zero-order valence-electron chi connectivity index (χ0n) is 7.87. The van der Waals surface area contributed by atoms with Gasteiger partial charge in [-0.25, -0.2) is 4.98 Å². The lowest BCUT2D eigenvalue weighted by Crippen LogP contribution is -2.13. The van der Waals surface area contributed by atoms with E-state index in [1.54, 1.807) is 6.20 Å². The van der Waals surface area contributed by atoms with Gasteiger partial charge in [0.2, 0.25) is 5.91 Å². The van der Waals surface area contributed by atoms with Crippen molar-refractivity contribution in [1.29, 1.82) is 0 Å². The molecule has 0 spiro atoms. The molecule has 0 aliphatic rings. The Labute approximate surface area is 81.9 Å². The number of primary amides is 1. The molecular weight excluding hydrogens is 177 g/mol. The van der Waals surface area contributed by atoms with Crippen LogP contribution in [0.15, 0.2) is 18.3 Å². The van der Waals surface area contributed by atoms with E-state index >= 15 is 0 Å². The minimum Gasteiger partial charge on any atom is -0.369 e. The van der Waals surface area contributed by atoms with Crippen LogP contribution in [0.1, 0.15) is 5.69 Å². The zero-order valence-corrected chi connectivity index (χ0v) is 7.87. The van der Waals surface area contributed by atoms with Crippen molar-refractivity contribution >= 4 is 30.2 Å². The number of carbonyl (C=O) groups is 1. The molecule has 0 unspecified atom stereocenters. The monoisotopic (exact) mass is 187 g/mol. The second-order valence-electron chi connectivity index (χ2n) is 3.33. The molecule has 2 aromatic rings. The van der Waals surface area contributed by atoms with E-state index in [4.69, 9.17) is 5.73 Å². The quantitative estimate of drug-likeness (QED) is 0.582. The van der Waals surface area contributed by atoms with E-state index in [9.17, 15) is 4.79 Å². The first-order valence-corrected chi connectivity index (χ1v) is 4.38. The summed E-state index contributed by atoms with van der Waals surface area (Å²) in [6.45, 7) is 0. The molecule has 0 aliphatic heterocycles. The number of hydrogen-bond donors (Lipinski definition) is 2. The molecule has 2 rings (SSSR count). The van der Waals surface area contributed by atoms with E-state index in [-0.39, 0.29) is 12.3 Å². The summed E-state index contributed by atoms with van der Waals surface area (Å²) < 4.78 is 0. The number of aromatic amines is 1. The molecule has 0 radical (unpaired) electrons. The molecule has 0 bridgehead atoms. The predicted octanol–water partition coefficient (Wildman–Crippen LogP) is -1.15. The summed E-state index contributed by atoms with van der Waals surface area (Å²) in [6.07, 6.45) is 1.97. The zero-order chi connectivity index (χ0) is 10.1. The Morgan fingerprint density at radius 1 is 1.64 bits per heavy atom. The van der Waals surface area contributed by atoms with Gasteiger partial charge in [0, 0.05) is 17.3 Å². The van der Waals surface area contributed by atoms with Crippen LogP contribution in [-0.4, -0.2) is 23.7 Å². The van der Waals surface area contributed by atoms with Gasteiger partial charge < -0.3 is 10.7 Å². The van der Waals surface area contributed by atoms with Crippen molar-refractivity contribution in [3.63, 3.8) is 0 Å². The first-order chi connectivity index (χ1) is 6.66. The van der Waals surface area contributed by atoms with Crippen LogP contribution in [0.4, 0.5) is 0 Å². The van der Waals surface area contributed by atoms with Gasteiger partial charge in [0.1, 0.15) is 13.5 Å². The van der Waals surface area contributed by atoms with E-state index in [0.717, 1.165) is 22.2 Å². The van der Waals surface area contributed by atoms with Crippen molar-refractivity contribution in [2.45, 2.75) is 6.42 Å². The van der Waals surface area contributed by atoms with Crippen molar-refractivity contribution in [2.75, 3.05) is 0 Å². The number of nitrogens with zero attached hydrogens (tertiary/aromatic N) is 1. The Balaban J connectivity index is 2.51. The van der Waals surface area contributed by atoms with Crippen molar-refractivity contribution in [3.05, 3.63) is 24.0 Å². The van der Waals surface area contributed by atoms with Gasteiger partial charge in [-0.3, -0.25) is 4.79 Å². The Morgan fingerprint density at radius 2 is 2.43 bits per heavy atom. The first kappa shape index (κ1) is 8.81. The van der Waals surface area contributed by atoms with Gasteiger partial charge in [-0.05, 0) is 12.1 Å². The lowest BCUT2D eigenvalue weighted by atomic mass is 9.94. The lowest BCUT2D eigenvalue weighted by Gasteiger charge is -1.91. The lowest BCUT2D eigenvalue weighted by molar-refractivity contribution is -0.117. The average molecular weight is 187 g/mol. The number of nitrogens with one attached hydrogen (secondary N) is 1. The highest BCUT2D eigenvalue weighted by atomic mass is 16.1. The van der Waals surface area contributed by atoms with Crippen LogP contribution in [0, 0.1) is 0 Å². The van der Waals surface area contributed by atoms with Gasteiger partial charge in [0.25, 0.3) is 0 Å². The summed E-state index contributed by atoms with van der Waals surface area (Å²) in [5.74, 6) is -0.339.